The monoisotopic (exact) mass is 576 g/mol. The van der Waals surface area contributed by atoms with Crippen molar-refractivity contribution in [2.75, 3.05) is 7.11 Å². The summed E-state index contributed by atoms with van der Waals surface area (Å²) < 4.78 is 53.8. The highest BCUT2D eigenvalue weighted by Crippen LogP contribution is 2.44. The van der Waals surface area contributed by atoms with Gasteiger partial charge >= 0.3 is 11.9 Å². The molecule has 0 heterocycles. The summed E-state index contributed by atoms with van der Waals surface area (Å²) in [5.41, 5.74) is -4.85. The van der Waals surface area contributed by atoms with E-state index < -0.39 is 72.5 Å². The van der Waals surface area contributed by atoms with Crippen LogP contribution in [-0.2, 0) is 28.7 Å². The number of non-ortho nitro benzene ring substituents is 1. The Balaban J connectivity index is 2.28. The molecule has 0 radical (unpaired) electrons. The second-order valence-corrected chi connectivity index (χ2v) is 10.0. The minimum absolute atomic E-state index is 0.0524. The van der Waals surface area contributed by atoms with Gasteiger partial charge in [0, 0.05) is 12.1 Å². The minimum Gasteiger partial charge on any atom is -0.478 e. The number of nitrogens with zero attached hydrogens (tertiary/aromatic N) is 2. The quantitative estimate of drug-likeness (QED) is 0.123. The number of hydrogen-bond donors (Lipinski definition) is 1. The SMILES string of the molecule is CCCCC[C@@]1(OS(=O)(=O)c2cccc([N+](=O)[O-])c2)C(C(=O)O)=CC(=NOC)C(F)=C1OC(=O)c1ccccc1. The number of esters is 1. The fourth-order valence-corrected chi connectivity index (χ4v) is 5.20. The number of carboxylic acid groups (broad SMARTS) is 1. The Labute approximate surface area is 228 Å². The standard InChI is InChI=1S/C26H25FN2O10S/c1-3-4-8-14-26(39-40(35,36)19-13-9-12-18(15-19)29(33)34)20(24(30)31)16-21(28-37-2)22(27)23(26)38-25(32)17-10-6-5-7-11-17/h5-7,9-13,15-16H,3-4,8,14H2,1-2H3,(H,30,31)/t26-/m1/s1. The van der Waals surface area contributed by atoms with Crippen molar-refractivity contribution in [2.45, 2.75) is 43.1 Å². The summed E-state index contributed by atoms with van der Waals surface area (Å²) in [5.74, 6) is -5.33. The summed E-state index contributed by atoms with van der Waals surface area (Å²) in [5, 5.41) is 24.8. The number of nitro groups is 1. The summed E-state index contributed by atoms with van der Waals surface area (Å²) in [6, 6.07) is 11.1. The Hall–Kier alpha value is -4.43. The first-order chi connectivity index (χ1) is 19.0. The van der Waals surface area contributed by atoms with Crippen LogP contribution in [0.2, 0.25) is 0 Å². The minimum atomic E-state index is -5.04. The van der Waals surface area contributed by atoms with E-state index in [1.807, 2.05) is 6.92 Å². The lowest BCUT2D eigenvalue weighted by Crippen LogP contribution is -2.46. The lowest BCUT2D eigenvalue weighted by atomic mass is 9.81. The van der Waals surface area contributed by atoms with Crippen molar-refractivity contribution >= 4 is 33.5 Å². The van der Waals surface area contributed by atoms with E-state index in [0.29, 0.717) is 18.9 Å². The maximum Gasteiger partial charge on any atom is 0.343 e. The molecule has 40 heavy (non-hydrogen) atoms. The molecular weight excluding hydrogens is 551 g/mol. The van der Waals surface area contributed by atoms with Crippen LogP contribution in [0.1, 0.15) is 43.0 Å². The molecule has 0 bridgehead atoms. The highest BCUT2D eigenvalue weighted by Gasteiger charge is 2.54. The summed E-state index contributed by atoms with van der Waals surface area (Å²) >= 11 is 0. The van der Waals surface area contributed by atoms with Gasteiger partial charge in [-0.15, -0.1) is 0 Å². The van der Waals surface area contributed by atoms with E-state index in [9.17, 15) is 33.2 Å². The topological polar surface area (TPSA) is 172 Å². The molecule has 1 atom stereocenters. The van der Waals surface area contributed by atoms with E-state index in [1.54, 1.807) is 6.07 Å². The van der Waals surface area contributed by atoms with Crippen LogP contribution in [0, 0.1) is 10.1 Å². The summed E-state index contributed by atoms with van der Waals surface area (Å²) in [7, 11) is -3.97. The summed E-state index contributed by atoms with van der Waals surface area (Å²) in [6.45, 7) is 1.82. The number of allylic oxidation sites excluding steroid dienone is 2. The number of carbonyl (C=O) groups excluding carboxylic acids is 1. The number of carboxylic acids is 1. The van der Waals surface area contributed by atoms with Crippen molar-refractivity contribution in [3.63, 3.8) is 0 Å². The van der Waals surface area contributed by atoms with Crippen LogP contribution in [0.3, 0.4) is 0 Å². The third-order valence-electron chi connectivity index (χ3n) is 5.83. The third kappa shape index (κ3) is 6.40. The fraction of sp³-hybridized carbons (Fsp3) is 0.269. The Morgan fingerprint density at radius 1 is 1.12 bits per heavy atom. The molecule has 0 aromatic heterocycles. The van der Waals surface area contributed by atoms with Crippen LogP contribution in [0.15, 0.2) is 87.9 Å². The number of carbonyl (C=O) groups is 2. The normalized spacial score (nSPS) is 18.3. The van der Waals surface area contributed by atoms with E-state index in [2.05, 4.69) is 9.99 Å². The van der Waals surface area contributed by atoms with Crippen LogP contribution in [0.25, 0.3) is 0 Å². The average molecular weight is 577 g/mol. The fourth-order valence-electron chi connectivity index (χ4n) is 3.97. The zero-order valence-electron chi connectivity index (χ0n) is 21.4. The van der Waals surface area contributed by atoms with Crippen molar-refractivity contribution in [1.82, 2.24) is 0 Å². The second-order valence-electron chi connectivity index (χ2n) is 8.50. The van der Waals surface area contributed by atoms with Gasteiger partial charge in [0.15, 0.2) is 17.2 Å². The van der Waals surface area contributed by atoms with Gasteiger partial charge in [0.2, 0.25) is 0 Å². The van der Waals surface area contributed by atoms with Crippen molar-refractivity contribution in [2.24, 2.45) is 5.16 Å². The first-order valence-electron chi connectivity index (χ1n) is 11.9. The predicted octanol–water partition coefficient (Wildman–Crippen LogP) is 4.68. The largest absolute Gasteiger partial charge is 0.478 e. The molecule has 0 unspecified atom stereocenters. The van der Waals surface area contributed by atoms with Gasteiger partial charge in [0.1, 0.15) is 17.7 Å². The average Bonchev–Trinajstić information content (AvgIpc) is 2.92. The zero-order chi connectivity index (χ0) is 29.5. The number of rotatable bonds is 12. The van der Waals surface area contributed by atoms with Gasteiger partial charge in [-0.3, -0.25) is 10.1 Å². The molecular formula is C26H25FN2O10S. The molecule has 0 saturated heterocycles. The number of nitro benzene ring substituents is 1. The Bertz CT molecular complexity index is 1500. The number of hydrogen-bond acceptors (Lipinski definition) is 10. The highest BCUT2D eigenvalue weighted by atomic mass is 32.2. The molecule has 0 amide bonds. The van der Waals surface area contributed by atoms with Gasteiger partial charge in [-0.2, -0.15) is 8.42 Å². The predicted molar refractivity (Wildman–Crippen MR) is 138 cm³/mol. The van der Waals surface area contributed by atoms with Gasteiger partial charge in [-0.25, -0.2) is 18.2 Å². The van der Waals surface area contributed by atoms with Crippen molar-refractivity contribution in [3.8, 4) is 0 Å². The van der Waals surface area contributed by atoms with Gasteiger partial charge < -0.3 is 14.7 Å². The highest BCUT2D eigenvalue weighted by molar-refractivity contribution is 7.86. The van der Waals surface area contributed by atoms with Crippen molar-refractivity contribution < 1.29 is 46.2 Å². The number of benzene rings is 2. The number of halogens is 1. The summed E-state index contributed by atoms with van der Waals surface area (Å²) in [4.78, 5) is 39.9. The molecule has 14 heteroatoms. The molecule has 3 rings (SSSR count). The van der Waals surface area contributed by atoms with E-state index in [1.165, 1.54) is 24.3 Å². The molecule has 0 aliphatic heterocycles. The molecule has 1 N–H and O–H groups in total. The molecule has 0 fully saturated rings. The second kappa shape index (κ2) is 12.6. The first kappa shape index (κ1) is 30.1. The van der Waals surface area contributed by atoms with Crippen LogP contribution in [-0.4, -0.2) is 48.8 Å². The molecule has 1 aliphatic carbocycles. The maximum absolute atomic E-state index is 16.0. The van der Waals surface area contributed by atoms with Gasteiger partial charge in [-0.1, -0.05) is 49.2 Å². The third-order valence-corrected chi connectivity index (χ3v) is 7.17. The molecule has 2 aromatic rings. The molecule has 0 spiro atoms. The van der Waals surface area contributed by atoms with Crippen LogP contribution in [0.5, 0.6) is 0 Å². The first-order valence-corrected chi connectivity index (χ1v) is 13.3. The summed E-state index contributed by atoms with van der Waals surface area (Å²) in [6.07, 6.45) is 1.41. The van der Waals surface area contributed by atoms with E-state index >= 15 is 4.39 Å². The maximum atomic E-state index is 16.0. The molecule has 12 nitrogen and oxygen atoms in total. The van der Waals surface area contributed by atoms with Gasteiger partial charge in [0.05, 0.1) is 16.1 Å². The Morgan fingerprint density at radius 2 is 1.82 bits per heavy atom. The molecule has 0 saturated carbocycles. The van der Waals surface area contributed by atoms with Crippen LogP contribution >= 0.6 is 0 Å². The van der Waals surface area contributed by atoms with E-state index in [4.69, 9.17) is 8.92 Å². The lowest BCUT2D eigenvalue weighted by Gasteiger charge is -2.37. The van der Waals surface area contributed by atoms with Crippen molar-refractivity contribution in [1.29, 1.82) is 0 Å². The van der Waals surface area contributed by atoms with Gasteiger partial charge in [0.25, 0.3) is 15.8 Å². The van der Waals surface area contributed by atoms with Crippen LogP contribution in [0.4, 0.5) is 10.1 Å². The Kier molecular flexibility index (Phi) is 9.50. The van der Waals surface area contributed by atoms with Gasteiger partial charge in [-0.05, 0) is 37.1 Å². The number of ether oxygens (including phenoxy) is 1. The smallest absolute Gasteiger partial charge is 0.343 e. The number of aliphatic carboxylic acids is 1. The van der Waals surface area contributed by atoms with E-state index in [-0.39, 0.29) is 12.0 Å². The Morgan fingerprint density at radius 3 is 2.42 bits per heavy atom. The lowest BCUT2D eigenvalue weighted by molar-refractivity contribution is -0.385. The molecule has 1 aliphatic rings. The molecule has 212 valence electrons. The molecule has 2 aromatic carbocycles. The number of oxime groups is 1. The van der Waals surface area contributed by atoms with E-state index in [0.717, 1.165) is 31.4 Å². The van der Waals surface area contributed by atoms with Crippen LogP contribution < -0.4 is 0 Å². The zero-order valence-corrected chi connectivity index (χ0v) is 22.2. The number of unbranched alkanes of at least 4 members (excludes halogenated alkanes) is 2. The van der Waals surface area contributed by atoms with Crippen molar-refractivity contribution in [3.05, 3.63) is 93.5 Å².